The highest BCUT2D eigenvalue weighted by Gasteiger charge is 2.16. The van der Waals surface area contributed by atoms with Crippen LogP contribution in [0, 0.1) is 6.92 Å². The first-order valence-corrected chi connectivity index (χ1v) is 9.74. The van der Waals surface area contributed by atoms with Gasteiger partial charge in [0.1, 0.15) is 0 Å². The monoisotopic (exact) mass is 407 g/mol. The van der Waals surface area contributed by atoms with Crippen LogP contribution in [-0.2, 0) is 20.0 Å². The number of hydrogen-bond acceptors (Lipinski definition) is 9. The van der Waals surface area contributed by atoms with Crippen LogP contribution in [0.1, 0.15) is 46.3 Å². The van der Waals surface area contributed by atoms with Crippen molar-refractivity contribution < 1.29 is 28.4 Å². The number of nitrogens with one attached hydrogen (secondary N) is 1. The minimum absolute atomic E-state index is 0.131. The highest BCUT2D eigenvalue weighted by atomic mass is 32.2. The summed E-state index contributed by atoms with van der Waals surface area (Å²) in [7, 11) is 0. The van der Waals surface area contributed by atoms with Gasteiger partial charge in [-0.05, 0) is 32.0 Å². The topological polar surface area (TPSA) is 121 Å². The number of anilines is 1. The Morgan fingerprint density at radius 1 is 1.07 bits per heavy atom. The molecule has 2 aromatic rings. The third-order valence-corrected chi connectivity index (χ3v) is 4.20. The van der Waals surface area contributed by atoms with Gasteiger partial charge in [-0.2, -0.15) is 4.98 Å². The van der Waals surface area contributed by atoms with Gasteiger partial charge in [0.2, 0.25) is 11.8 Å². The Hall–Kier alpha value is -2.88. The number of hydrogen-bond donors (Lipinski definition) is 1. The average molecular weight is 407 g/mol. The van der Waals surface area contributed by atoms with Crippen molar-refractivity contribution in [1.82, 2.24) is 10.1 Å². The number of carbonyl (C=O) groups excluding carboxylic acids is 3. The van der Waals surface area contributed by atoms with Gasteiger partial charge in [0.25, 0.3) is 0 Å². The van der Waals surface area contributed by atoms with Crippen molar-refractivity contribution in [3.8, 4) is 0 Å². The minimum Gasteiger partial charge on any atom is -0.462 e. The zero-order chi connectivity index (χ0) is 20.5. The van der Waals surface area contributed by atoms with E-state index in [-0.39, 0.29) is 36.0 Å². The van der Waals surface area contributed by atoms with E-state index in [4.69, 9.17) is 14.0 Å². The van der Waals surface area contributed by atoms with Gasteiger partial charge >= 0.3 is 11.9 Å². The number of thioether (sulfide) groups is 1. The molecule has 0 radical (unpaired) electrons. The Morgan fingerprint density at radius 3 is 2.18 bits per heavy atom. The fourth-order valence-electron chi connectivity index (χ4n) is 2.20. The average Bonchev–Trinajstić information content (AvgIpc) is 3.07. The smallest absolute Gasteiger partial charge is 0.338 e. The molecule has 0 spiro atoms. The summed E-state index contributed by atoms with van der Waals surface area (Å²) in [5.74, 6) is 0.0257. The van der Waals surface area contributed by atoms with E-state index in [2.05, 4.69) is 15.5 Å². The van der Waals surface area contributed by atoms with Crippen molar-refractivity contribution in [1.29, 1.82) is 0 Å². The Balaban J connectivity index is 2.05. The standard InChI is InChI=1S/C18H21N3O6S/c1-4-25-17(23)12-6-13(18(24)26-5-2)8-14(7-12)20-16(22)10-28-9-15-19-11(3)27-21-15/h6-8H,4-5,9-10H2,1-3H3,(H,20,22). The fraction of sp³-hybridized carbons (Fsp3) is 0.389. The number of benzene rings is 1. The lowest BCUT2D eigenvalue weighted by molar-refractivity contribution is -0.113. The van der Waals surface area contributed by atoms with Crippen LogP contribution in [0.2, 0.25) is 0 Å². The SMILES string of the molecule is CCOC(=O)c1cc(NC(=O)CSCc2noc(C)n2)cc(C(=O)OCC)c1. The molecule has 0 aliphatic carbocycles. The van der Waals surface area contributed by atoms with Crippen molar-refractivity contribution in [2.45, 2.75) is 26.5 Å². The Morgan fingerprint density at radius 2 is 1.68 bits per heavy atom. The molecule has 1 heterocycles. The van der Waals surface area contributed by atoms with Gasteiger partial charge in [-0.15, -0.1) is 11.8 Å². The highest BCUT2D eigenvalue weighted by molar-refractivity contribution is 7.99. The lowest BCUT2D eigenvalue weighted by atomic mass is 10.1. The molecule has 0 aliphatic heterocycles. The maximum atomic E-state index is 12.2. The normalized spacial score (nSPS) is 10.4. The predicted molar refractivity (Wildman–Crippen MR) is 102 cm³/mol. The van der Waals surface area contributed by atoms with Gasteiger partial charge in [0.05, 0.1) is 35.8 Å². The lowest BCUT2D eigenvalue weighted by Gasteiger charge is -2.10. The summed E-state index contributed by atoms with van der Waals surface area (Å²) < 4.78 is 14.8. The number of carbonyl (C=O) groups is 3. The number of esters is 2. The van der Waals surface area contributed by atoms with Crippen LogP contribution >= 0.6 is 11.8 Å². The van der Waals surface area contributed by atoms with Crippen molar-refractivity contribution in [3.63, 3.8) is 0 Å². The largest absolute Gasteiger partial charge is 0.462 e. The molecule has 0 saturated heterocycles. The van der Waals surface area contributed by atoms with Gasteiger partial charge in [0, 0.05) is 12.6 Å². The molecule has 2 rings (SSSR count). The molecule has 9 nitrogen and oxygen atoms in total. The molecular weight excluding hydrogens is 386 g/mol. The van der Waals surface area contributed by atoms with Crippen LogP contribution in [0.5, 0.6) is 0 Å². The first kappa shape index (κ1) is 21.4. The molecule has 150 valence electrons. The number of aryl methyl sites for hydroxylation is 1. The van der Waals surface area contributed by atoms with Gasteiger partial charge in [-0.3, -0.25) is 4.79 Å². The molecule has 0 unspecified atom stereocenters. The molecular formula is C18H21N3O6S. The lowest BCUT2D eigenvalue weighted by Crippen LogP contribution is -2.16. The van der Waals surface area contributed by atoms with Crippen molar-refractivity contribution in [2.24, 2.45) is 0 Å². The second-order valence-electron chi connectivity index (χ2n) is 5.51. The molecule has 0 saturated carbocycles. The van der Waals surface area contributed by atoms with E-state index in [1.807, 2.05) is 0 Å². The van der Waals surface area contributed by atoms with E-state index >= 15 is 0 Å². The van der Waals surface area contributed by atoms with Crippen LogP contribution in [0.15, 0.2) is 22.7 Å². The van der Waals surface area contributed by atoms with Crippen molar-refractivity contribution in [2.75, 3.05) is 24.3 Å². The third-order valence-electron chi connectivity index (χ3n) is 3.27. The van der Waals surface area contributed by atoms with E-state index < -0.39 is 11.9 Å². The van der Waals surface area contributed by atoms with Crippen molar-refractivity contribution in [3.05, 3.63) is 41.0 Å². The summed E-state index contributed by atoms with van der Waals surface area (Å²) in [5, 5.41) is 6.42. The number of amides is 1. The first-order chi connectivity index (χ1) is 13.4. The van der Waals surface area contributed by atoms with E-state index in [1.165, 1.54) is 30.0 Å². The Kier molecular flexibility index (Phi) is 8.00. The number of ether oxygens (including phenoxy) is 2. The maximum Gasteiger partial charge on any atom is 0.338 e. The van der Waals surface area contributed by atoms with Gasteiger partial charge in [0.15, 0.2) is 5.82 Å². The van der Waals surface area contributed by atoms with E-state index in [0.717, 1.165) is 0 Å². The molecule has 0 aliphatic rings. The van der Waals surface area contributed by atoms with Gasteiger partial charge in [-0.25, -0.2) is 9.59 Å². The predicted octanol–water partition coefficient (Wildman–Crippen LogP) is 2.60. The zero-order valence-corrected chi connectivity index (χ0v) is 16.6. The van der Waals surface area contributed by atoms with Crippen LogP contribution < -0.4 is 5.32 Å². The van der Waals surface area contributed by atoms with Crippen molar-refractivity contribution >= 4 is 35.3 Å². The summed E-state index contributed by atoms with van der Waals surface area (Å²) in [4.78, 5) is 40.3. The van der Waals surface area contributed by atoms with E-state index in [0.29, 0.717) is 23.2 Å². The number of nitrogens with zero attached hydrogens (tertiary/aromatic N) is 2. The summed E-state index contributed by atoms with van der Waals surface area (Å²) in [5.41, 5.74) is 0.602. The molecule has 28 heavy (non-hydrogen) atoms. The van der Waals surface area contributed by atoms with Gasteiger partial charge < -0.3 is 19.3 Å². The molecule has 0 bridgehead atoms. The third kappa shape index (κ3) is 6.38. The molecule has 0 fully saturated rings. The van der Waals surface area contributed by atoms with E-state index in [9.17, 15) is 14.4 Å². The quantitative estimate of drug-likeness (QED) is 0.625. The molecule has 1 aromatic carbocycles. The van der Waals surface area contributed by atoms with Crippen LogP contribution in [-0.4, -0.2) is 47.0 Å². The molecule has 1 N–H and O–H groups in total. The second kappa shape index (κ2) is 10.5. The highest BCUT2D eigenvalue weighted by Crippen LogP contribution is 2.18. The zero-order valence-electron chi connectivity index (χ0n) is 15.8. The van der Waals surface area contributed by atoms with Crippen LogP contribution in [0.25, 0.3) is 0 Å². The minimum atomic E-state index is -0.592. The molecule has 1 amide bonds. The number of rotatable bonds is 9. The molecule has 1 aromatic heterocycles. The summed E-state index contributed by atoms with van der Waals surface area (Å²) in [6, 6.07) is 4.27. The Bertz CT molecular complexity index is 815. The van der Waals surface area contributed by atoms with Crippen LogP contribution in [0.4, 0.5) is 5.69 Å². The summed E-state index contributed by atoms with van der Waals surface area (Å²) >= 11 is 1.30. The second-order valence-corrected chi connectivity index (χ2v) is 6.50. The maximum absolute atomic E-state index is 12.2. The summed E-state index contributed by atoms with van der Waals surface area (Å²) in [6.07, 6.45) is 0. The Labute approximate surface area is 166 Å². The number of aromatic nitrogens is 2. The fourth-order valence-corrected chi connectivity index (χ4v) is 2.86. The van der Waals surface area contributed by atoms with Gasteiger partial charge in [-0.1, -0.05) is 5.16 Å². The molecule has 10 heteroatoms. The summed E-state index contributed by atoms with van der Waals surface area (Å²) in [6.45, 7) is 5.43. The van der Waals surface area contributed by atoms with E-state index in [1.54, 1.807) is 20.8 Å². The van der Waals surface area contributed by atoms with Crippen LogP contribution in [0.3, 0.4) is 0 Å². The molecule has 0 atom stereocenters. The first-order valence-electron chi connectivity index (χ1n) is 8.59.